The van der Waals surface area contributed by atoms with Gasteiger partial charge in [0.25, 0.3) is 0 Å². The summed E-state index contributed by atoms with van der Waals surface area (Å²) in [5.74, 6) is 0. The van der Waals surface area contributed by atoms with Gasteiger partial charge in [0.15, 0.2) is 0 Å². The van der Waals surface area contributed by atoms with E-state index in [-0.39, 0.29) is 0 Å². The number of aliphatic hydroxyl groups excluding tert-OH is 1. The summed E-state index contributed by atoms with van der Waals surface area (Å²) in [6.45, 7) is 0.517. The van der Waals surface area contributed by atoms with Crippen LogP contribution >= 0.6 is 11.6 Å². The molecule has 0 bridgehead atoms. The van der Waals surface area contributed by atoms with Crippen LogP contribution in [0.15, 0.2) is 48.5 Å². The molecule has 2 unspecified atom stereocenters. The number of nitrogens with one attached hydrogen (secondary N) is 1. The molecule has 0 amide bonds. The Morgan fingerprint density at radius 2 is 1.90 bits per heavy atom. The molecule has 1 aliphatic carbocycles. The Kier molecular flexibility index (Phi) is 4.06. The van der Waals surface area contributed by atoms with Gasteiger partial charge in [-0.1, -0.05) is 54.1 Å². The number of hydrogen-bond acceptors (Lipinski definition) is 2. The van der Waals surface area contributed by atoms with Crippen LogP contribution in [-0.2, 0) is 6.42 Å². The minimum absolute atomic E-state index is 0.336. The van der Waals surface area contributed by atoms with Crippen LogP contribution < -0.4 is 5.32 Å². The monoisotopic (exact) mass is 287 g/mol. The van der Waals surface area contributed by atoms with Crippen molar-refractivity contribution in [2.24, 2.45) is 0 Å². The van der Waals surface area contributed by atoms with E-state index in [0.29, 0.717) is 17.6 Å². The Balaban J connectivity index is 1.65. The lowest BCUT2D eigenvalue weighted by atomic mass is 10.1. The first-order valence-electron chi connectivity index (χ1n) is 6.99. The first-order chi connectivity index (χ1) is 9.75. The van der Waals surface area contributed by atoms with Gasteiger partial charge >= 0.3 is 0 Å². The maximum Gasteiger partial charge on any atom is 0.0928 e. The van der Waals surface area contributed by atoms with Crippen molar-refractivity contribution in [3.05, 3.63) is 70.2 Å². The average Bonchev–Trinajstić information content (AvgIpc) is 2.88. The molecule has 1 aliphatic rings. The van der Waals surface area contributed by atoms with Crippen LogP contribution in [0.5, 0.6) is 0 Å². The van der Waals surface area contributed by atoms with Gasteiger partial charge in [0.1, 0.15) is 0 Å². The lowest BCUT2D eigenvalue weighted by molar-refractivity contribution is 0.170. The van der Waals surface area contributed by atoms with Crippen molar-refractivity contribution >= 4 is 11.6 Å². The molecule has 0 spiro atoms. The lowest BCUT2D eigenvalue weighted by Gasteiger charge is -2.18. The molecule has 0 aliphatic heterocycles. The molecule has 3 rings (SSSR count). The molecular weight excluding hydrogens is 270 g/mol. The maximum absolute atomic E-state index is 10.3. The maximum atomic E-state index is 10.3. The fourth-order valence-corrected chi connectivity index (χ4v) is 3.14. The zero-order valence-electron chi connectivity index (χ0n) is 11.2. The van der Waals surface area contributed by atoms with E-state index in [9.17, 15) is 5.11 Å². The van der Waals surface area contributed by atoms with Crippen LogP contribution in [0.4, 0.5) is 0 Å². The molecule has 0 heterocycles. The Labute approximate surface area is 124 Å². The van der Waals surface area contributed by atoms with E-state index in [1.807, 2.05) is 24.3 Å². The minimum Gasteiger partial charge on any atom is -0.387 e. The van der Waals surface area contributed by atoms with Crippen molar-refractivity contribution in [1.82, 2.24) is 5.32 Å². The van der Waals surface area contributed by atoms with Gasteiger partial charge in [0, 0.05) is 23.2 Å². The molecule has 0 fully saturated rings. The van der Waals surface area contributed by atoms with Gasteiger partial charge in [-0.05, 0) is 30.0 Å². The fourth-order valence-electron chi connectivity index (χ4n) is 2.88. The third kappa shape index (κ3) is 2.73. The SMILES string of the molecule is OC(CNC1CCc2ccccc21)c1ccccc1Cl. The summed E-state index contributed by atoms with van der Waals surface area (Å²) >= 11 is 6.11. The zero-order valence-corrected chi connectivity index (χ0v) is 12.0. The Bertz CT molecular complexity index is 599. The van der Waals surface area contributed by atoms with Crippen LogP contribution in [0.1, 0.15) is 35.3 Å². The van der Waals surface area contributed by atoms with Crippen LogP contribution in [0.25, 0.3) is 0 Å². The number of aliphatic hydroxyl groups is 1. The fraction of sp³-hybridized carbons (Fsp3) is 0.294. The molecular formula is C17H18ClNO. The van der Waals surface area contributed by atoms with Crippen molar-refractivity contribution in [2.45, 2.75) is 25.0 Å². The molecule has 2 N–H and O–H groups in total. The average molecular weight is 288 g/mol. The van der Waals surface area contributed by atoms with E-state index in [1.165, 1.54) is 11.1 Å². The summed E-state index contributed by atoms with van der Waals surface area (Å²) in [6.07, 6.45) is 1.63. The number of benzene rings is 2. The smallest absolute Gasteiger partial charge is 0.0928 e. The van der Waals surface area contributed by atoms with E-state index in [2.05, 4.69) is 29.6 Å². The summed E-state index contributed by atoms with van der Waals surface area (Å²) in [7, 11) is 0. The number of hydrogen-bond donors (Lipinski definition) is 2. The quantitative estimate of drug-likeness (QED) is 0.900. The molecule has 2 nitrogen and oxygen atoms in total. The van der Waals surface area contributed by atoms with Gasteiger partial charge in [0.05, 0.1) is 6.10 Å². The van der Waals surface area contributed by atoms with Gasteiger partial charge in [-0.2, -0.15) is 0 Å². The van der Waals surface area contributed by atoms with Crippen LogP contribution in [0.2, 0.25) is 5.02 Å². The third-order valence-electron chi connectivity index (χ3n) is 3.95. The molecule has 3 heteroatoms. The van der Waals surface area contributed by atoms with Crippen LogP contribution in [-0.4, -0.2) is 11.7 Å². The Hall–Kier alpha value is -1.35. The molecule has 104 valence electrons. The molecule has 0 saturated heterocycles. The van der Waals surface area contributed by atoms with E-state index in [1.54, 1.807) is 0 Å². The lowest BCUT2D eigenvalue weighted by Crippen LogP contribution is -2.25. The topological polar surface area (TPSA) is 32.3 Å². The van der Waals surface area contributed by atoms with Gasteiger partial charge in [-0.25, -0.2) is 0 Å². The highest BCUT2D eigenvalue weighted by molar-refractivity contribution is 6.31. The van der Waals surface area contributed by atoms with Gasteiger partial charge in [-0.15, -0.1) is 0 Å². The van der Waals surface area contributed by atoms with Crippen molar-refractivity contribution in [1.29, 1.82) is 0 Å². The first kappa shape index (κ1) is 13.6. The zero-order chi connectivity index (χ0) is 13.9. The number of aryl methyl sites for hydroxylation is 1. The van der Waals surface area contributed by atoms with E-state index < -0.39 is 6.10 Å². The Morgan fingerprint density at radius 1 is 1.15 bits per heavy atom. The van der Waals surface area contributed by atoms with Crippen LogP contribution in [0.3, 0.4) is 0 Å². The molecule has 2 aromatic carbocycles. The summed E-state index contributed by atoms with van der Waals surface area (Å²) in [4.78, 5) is 0. The standard InChI is InChI=1S/C17H18ClNO/c18-15-8-4-3-7-14(15)17(20)11-19-16-10-9-12-5-1-2-6-13(12)16/h1-8,16-17,19-20H,9-11H2. The predicted octanol–water partition coefficient (Wildman–Crippen LogP) is 3.65. The molecule has 20 heavy (non-hydrogen) atoms. The summed E-state index contributed by atoms with van der Waals surface area (Å²) in [5.41, 5.74) is 3.56. The van der Waals surface area contributed by atoms with Gasteiger partial charge in [0.2, 0.25) is 0 Å². The predicted molar refractivity (Wildman–Crippen MR) is 81.9 cm³/mol. The largest absolute Gasteiger partial charge is 0.387 e. The van der Waals surface area contributed by atoms with Crippen molar-refractivity contribution < 1.29 is 5.11 Å². The molecule has 0 radical (unpaired) electrons. The highest BCUT2D eigenvalue weighted by Crippen LogP contribution is 2.31. The molecule has 2 aromatic rings. The number of rotatable bonds is 4. The van der Waals surface area contributed by atoms with E-state index in [0.717, 1.165) is 18.4 Å². The summed E-state index contributed by atoms with van der Waals surface area (Å²) < 4.78 is 0. The third-order valence-corrected chi connectivity index (χ3v) is 4.30. The highest BCUT2D eigenvalue weighted by atomic mass is 35.5. The van der Waals surface area contributed by atoms with E-state index in [4.69, 9.17) is 11.6 Å². The summed E-state index contributed by atoms with van der Waals surface area (Å²) in [5, 5.41) is 14.3. The summed E-state index contributed by atoms with van der Waals surface area (Å²) in [6, 6.07) is 16.3. The minimum atomic E-state index is -0.573. The molecule has 2 atom stereocenters. The number of fused-ring (bicyclic) bond motifs is 1. The van der Waals surface area contributed by atoms with Crippen LogP contribution in [0, 0.1) is 0 Å². The second-order valence-corrected chi connectivity index (χ2v) is 5.64. The van der Waals surface area contributed by atoms with Crippen molar-refractivity contribution in [3.8, 4) is 0 Å². The highest BCUT2D eigenvalue weighted by Gasteiger charge is 2.22. The van der Waals surface area contributed by atoms with Crippen molar-refractivity contribution in [2.75, 3.05) is 6.54 Å². The first-order valence-corrected chi connectivity index (χ1v) is 7.37. The van der Waals surface area contributed by atoms with Crippen molar-refractivity contribution in [3.63, 3.8) is 0 Å². The number of halogens is 1. The van der Waals surface area contributed by atoms with E-state index >= 15 is 0 Å². The second kappa shape index (κ2) is 5.96. The van der Waals surface area contributed by atoms with Gasteiger partial charge in [-0.3, -0.25) is 0 Å². The Morgan fingerprint density at radius 3 is 2.75 bits per heavy atom. The molecule has 0 saturated carbocycles. The van der Waals surface area contributed by atoms with Gasteiger partial charge < -0.3 is 10.4 Å². The second-order valence-electron chi connectivity index (χ2n) is 5.24. The molecule has 0 aromatic heterocycles. The normalized spacial score (nSPS) is 18.8.